The second kappa shape index (κ2) is 5.87. The number of nitrogen functional groups attached to an aromatic ring is 1. The van der Waals surface area contributed by atoms with Gasteiger partial charge in [-0.25, -0.2) is 4.79 Å². The maximum absolute atomic E-state index is 10.8. The molecule has 18 heavy (non-hydrogen) atoms. The minimum atomic E-state index is -1.38. The Morgan fingerprint density at radius 1 is 1.44 bits per heavy atom. The number of carboxylic acids is 1. The molecule has 1 aromatic carbocycles. The molecule has 0 aromatic heterocycles. The van der Waals surface area contributed by atoms with Crippen molar-refractivity contribution in [3.8, 4) is 0 Å². The monoisotopic (exact) mass is 252 g/mol. The normalized spacial score (nSPS) is 13.4. The molecule has 2 unspecified atom stereocenters. The lowest BCUT2D eigenvalue weighted by Gasteiger charge is -2.17. The number of aromatic carboxylic acids is 1. The van der Waals surface area contributed by atoms with E-state index in [1.54, 1.807) is 0 Å². The van der Waals surface area contributed by atoms with Gasteiger partial charge in [0.1, 0.15) is 6.10 Å². The first-order valence-corrected chi connectivity index (χ1v) is 4.96. The van der Waals surface area contributed by atoms with E-state index in [0.29, 0.717) is 0 Å². The largest absolute Gasteiger partial charge is 0.478 e. The number of aliphatic hydroxyl groups is 2. The summed E-state index contributed by atoms with van der Waals surface area (Å²) in [4.78, 5) is 13.3. The van der Waals surface area contributed by atoms with Crippen molar-refractivity contribution in [1.82, 2.24) is 0 Å². The maximum atomic E-state index is 10.8. The molecule has 0 saturated carbocycles. The molecule has 0 saturated heterocycles. The van der Waals surface area contributed by atoms with Gasteiger partial charge in [-0.05, 0) is 29.3 Å². The highest BCUT2D eigenvalue weighted by molar-refractivity contribution is 5.89. The summed E-state index contributed by atoms with van der Waals surface area (Å²) in [6, 6.07) is 3.78. The number of nitrogens with zero attached hydrogens (tertiary/aromatic N) is 3. The Hall–Kier alpha value is -2.28. The number of aliphatic hydroxyl groups excluding tert-OH is 2. The molecule has 8 heteroatoms. The fourth-order valence-corrected chi connectivity index (χ4v) is 1.41. The van der Waals surface area contributed by atoms with E-state index in [4.69, 9.17) is 16.4 Å². The van der Waals surface area contributed by atoms with E-state index in [1.165, 1.54) is 18.2 Å². The first-order valence-electron chi connectivity index (χ1n) is 4.96. The number of benzene rings is 1. The molecule has 96 valence electrons. The lowest BCUT2D eigenvalue weighted by molar-refractivity contribution is 0.0243. The van der Waals surface area contributed by atoms with Crippen molar-refractivity contribution in [2.45, 2.75) is 12.2 Å². The van der Waals surface area contributed by atoms with Crippen LogP contribution >= 0.6 is 0 Å². The standard InChI is InChI=1S/C10H12N4O4/c11-7-2-5(1-6(3-7)10(17)18)9(16)8(15)4-13-14-12/h1-3,8-9,15-16H,4,11H2,(H,17,18). The predicted molar refractivity (Wildman–Crippen MR) is 62.8 cm³/mol. The molecule has 0 bridgehead atoms. The van der Waals surface area contributed by atoms with Crippen LogP contribution in [-0.4, -0.2) is 33.9 Å². The van der Waals surface area contributed by atoms with Crippen LogP contribution in [0.5, 0.6) is 0 Å². The third kappa shape index (κ3) is 3.36. The molecule has 5 N–H and O–H groups in total. The van der Waals surface area contributed by atoms with Gasteiger partial charge >= 0.3 is 5.97 Å². The van der Waals surface area contributed by atoms with Crippen molar-refractivity contribution in [3.05, 3.63) is 39.8 Å². The Morgan fingerprint density at radius 2 is 2.11 bits per heavy atom. The van der Waals surface area contributed by atoms with Crippen LogP contribution < -0.4 is 5.73 Å². The molecular formula is C10H12N4O4. The summed E-state index contributed by atoms with van der Waals surface area (Å²) in [6.45, 7) is -0.325. The lowest BCUT2D eigenvalue weighted by atomic mass is 10.0. The van der Waals surface area contributed by atoms with Gasteiger partial charge in [0.05, 0.1) is 18.2 Å². The highest BCUT2D eigenvalue weighted by Crippen LogP contribution is 2.22. The Morgan fingerprint density at radius 3 is 2.67 bits per heavy atom. The quantitative estimate of drug-likeness (QED) is 0.262. The predicted octanol–water partition coefficient (Wildman–Crippen LogP) is 0.672. The highest BCUT2D eigenvalue weighted by atomic mass is 16.4. The molecule has 0 aliphatic rings. The summed E-state index contributed by atoms with van der Waals surface area (Å²) in [5.74, 6) is -1.19. The minimum absolute atomic E-state index is 0.0972. The SMILES string of the molecule is [N-]=[N+]=NCC(O)C(O)c1cc(N)cc(C(=O)O)c1. The number of hydrogen-bond acceptors (Lipinski definition) is 5. The number of anilines is 1. The van der Waals surface area contributed by atoms with Crippen molar-refractivity contribution in [3.63, 3.8) is 0 Å². The molecule has 0 spiro atoms. The van der Waals surface area contributed by atoms with Crippen molar-refractivity contribution in [1.29, 1.82) is 0 Å². The van der Waals surface area contributed by atoms with Crippen LogP contribution in [0.3, 0.4) is 0 Å². The summed E-state index contributed by atoms with van der Waals surface area (Å²) in [5, 5.41) is 31.2. The van der Waals surface area contributed by atoms with E-state index in [9.17, 15) is 15.0 Å². The van der Waals surface area contributed by atoms with Gasteiger partial charge in [0, 0.05) is 10.6 Å². The topological polar surface area (TPSA) is 153 Å². The van der Waals surface area contributed by atoms with Gasteiger partial charge in [-0.2, -0.15) is 0 Å². The Labute approximate surface area is 102 Å². The smallest absolute Gasteiger partial charge is 0.335 e. The molecule has 0 aliphatic heterocycles. The van der Waals surface area contributed by atoms with Crippen LogP contribution in [0, 0.1) is 0 Å². The first kappa shape index (κ1) is 13.8. The number of carboxylic acid groups (broad SMARTS) is 1. The van der Waals surface area contributed by atoms with Crippen molar-refractivity contribution in [2.75, 3.05) is 12.3 Å². The van der Waals surface area contributed by atoms with E-state index < -0.39 is 18.2 Å². The maximum Gasteiger partial charge on any atom is 0.335 e. The van der Waals surface area contributed by atoms with Gasteiger partial charge in [0.25, 0.3) is 0 Å². The molecular weight excluding hydrogens is 240 g/mol. The summed E-state index contributed by atoms with van der Waals surface area (Å²) in [5.41, 5.74) is 13.8. The molecule has 0 aliphatic carbocycles. The van der Waals surface area contributed by atoms with Gasteiger partial charge < -0.3 is 21.1 Å². The highest BCUT2D eigenvalue weighted by Gasteiger charge is 2.19. The van der Waals surface area contributed by atoms with Gasteiger partial charge in [-0.15, -0.1) is 0 Å². The van der Waals surface area contributed by atoms with E-state index in [0.717, 1.165) is 0 Å². The average Bonchev–Trinajstić information content (AvgIpc) is 2.34. The van der Waals surface area contributed by atoms with Crippen LogP contribution in [0.1, 0.15) is 22.0 Å². The molecule has 0 fully saturated rings. The molecule has 1 rings (SSSR count). The molecule has 0 radical (unpaired) electrons. The molecule has 0 heterocycles. The van der Waals surface area contributed by atoms with Crippen LogP contribution in [-0.2, 0) is 0 Å². The summed E-state index contributed by atoms with van der Waals surface area (Å²) < 4.78 is 0. The number of nitrogens with two attached hydrogens (primary N) is 1. The van der Waals surface area contributed by atoms with Gasteiger partial charge in [0.2, 0.25) is 0 Å². The Bertz CT molecular complexity index is 499. The van der Waals surface area contributed by atoms with Crippen LogP contribution in [0.25, 0.3) is 10.4 Å². The number of carbonyl (C=O) groups is 1. The molecule has 2 atom stereocenters. The molecule has 1 aromatic rings. The molecule has 8 nitrogen and oxygen atoms in total. The zero-order valence-electron chi connectivity index (χ0n) is 9.26. The van der Waals surface area contributed by atoms with Crippen LogP contribution in [0.15, 0.2) is 23.3 Å². The minimum Gasteiger partial charge on any atom is -0.478 e. The van der Waals surface area contributed by atoms with E-state index in [2.05, 4.69) is 10.0 Å². The van der Waals surface area contributed by atoms with Crippen LogP contribution in [0.2, 0.25) is 0 Å². The van der Waals surface area contributed by atoms with Crippen molar-refractivity contribution in [2.24, 2.45) is 5.11 Å². The summed E-state index contributed by atoms with van der Waals surface area (Å²) in [7, 11) is 0. The second-order valence-corrected chi connectivity index (χ2v) is 3.62. The van der Waals surface area contributed by atoms with Crippen LogP contribution in [0.4, 0.5) is 5.69 Å². The first-order chi connectivity index (χ1) is 8.45. The third-order valence-electron chi connectivity index (χ3n) is 2.26. The number of azide groups is 1. The number of hydrogen-bond donors (Lipinski definition) is 4. The zero-order chi connectivity index (χ0) is 13.7. The van der Waals surface area contributed by atoms with Gasteiger partial charge in [-0.3, -0.25) is 0 Å². The fourth-order valence-electron chi connectivity index (χ4n) is 1.41. The van der Waals surface area contributed by atoms with E-state index >= 15 is 0 Å². The molecule has 0 amide bonds. The zero-order valence-corrected chi connectivity index (χ0v) is 9.26. The average molecular weight is 252 g/mol. The lowest BCUT2D eigenvalue weighted by Crippen LogP contribution is -2.21. The number of rotatable bonds is 5. The third-order valence-corrected chi connectivity index (χ3v) is 2.26. The second-order valence-electron chi connectivity index (χ2n) is 3.62. The van der Waals surface area contributed by atoms with Gasteiger partial charge in [0.15, 0.2) is 0 Å². The van der Waals surface area contributed by atoms with Crippen molar-refractivity contribution < 1.29 is 20.1 Å². The summed E-state index contributed by atoms with van der Waals surface area (Å²) >= 11 is 0. The Kier molecular flexibility index (Phi) is 4.50. The van der Waals surface area contributed by atoms with E-state index in [1.807, 2.05) is 0 Å². The van der Waals surface area contributed by atoms with Gasteiger partial charge in [-0.1, -0.05) is 5.11 Å². The fraction of sp³-hybridized carbons (Fsp3) is 0.300. The van der Waals surface area contributed by atoms with Crippen molar-refractivity contribution >= 4 is 11.7 Å². The van der Waals surface area contributed by atoms with E-state index in [-0.39, 0.29) is 23.4 Å². The Balaban J connectivity index is 3.01. The summed E-state index contributed by atoms with van der Waals surface area (Å²) in [6.07, 6.45) is -2.71.